The monoisotopic (exact) mass is 557 g/mol. The summed E-state index contributed by atoms with van der Waals surface area (Å²) in [5, 5.41) is 2.61. The Bertz CT molecular complexity index is 1030. The SMILES string of the molecule is CC[C@@H](C(=O)NC)N(Cc1ccccc1C)C(=O)CN(c1ccc(I)cc1)S(C)(=O)=O. The molecule has 2 rings (SSSR count). The molecular weight excluding hydrogens is 529 g/mol. The van der Waals surface area contributed by atoms with E-state index in [2.05, 4.69) is 27.9 Å². The zero-order valence-electron chi connectivity index (χ0n) is 18.1. The van der Waals surface area contributed by atoms with Gasteiger partial charge in [-0.05, 0) is 71.3 Å². The fraction of sp³-hybridized carbons (Fsp3) is 0.364. The molecule has 1 atom stereocenters. The number of hydrogen-bond donors (Lipinski definition) is 1. The third-order valence-electron chi connectivity index (χ3n) is 5.03. The summed E-state index contributed by atoms with van der Waals surface area (Å²) in [7, 11) is -2.19. The van der Waals surface area contributed by atoms with Gasteiger partial charge in [0.1, 0.15) is 12.6 Å². The van der Waals surface area contributed by atoms with Gasteiger partial charge in [0, 0.05) is 17.2 Å². The van der Waals surface area contributed by atoms with Crippen molar-refractivity contribution in [1.29, 1.82) is 0 Å². The maximum Gasteiger partial charge on any atom is 0.244 e. The minimum atomic E-state index is -3.72. The van der Waals surface area contributed by atoms with Crippen LogP contribution in [0.5, 0.6) is 0 Å². The minimum absolute atomic E-state index is 0.210. The second-order valence-electron chi connectivity index (χ2n) is 7.23. The lowest BCUT2D eigenvalue weighted by Gasteiger charge is -2.33. The molecule has 7 nitrogen and oxygen atoms in total. The summed E-state index contributed by atoms with van der Waals surface area (Å²) in [4.78, 5) is 27.4. The molecule has 1 N–H and O–H groups in total. The first-order valence-corrected chi connectivity index (χ1v) is 12.8. The van der Waals surface area contributed by atoms with Gasteiger partial charge in [-0.15, -0.1) is 0 Å². The van der Waals surface area contributed by atoms with Crippen molar-refractivity contribution in [1.82, 2.24) is 10.2 Å². The molecule has 9 heteroatoms. The predicted octanol–water partition coefficient (Wildman–Crippen LogP) is 2.92. The maximum atomic E-state index is 13.4. The Kier molecular flexibility index (Phi) is 8.87. The van der Waals surface area contributed by atoms with E-state index in [9.17, 15) is 18.0 Å². The smallest absolute Gasteiger partial charge is 0.244 e. The van der Waals surface area contributed by atoms with Crippen molar-refractivity contribution < 1.29 is 18.0 Å². The molecule has 0 fully saturated rings. The maximum absolute atomic E-state index is 13.4. The fourth-order valence-electron chi connectivity index (χ4n) is 3.28. The summed E-state index contributed by atoms with van der Waals surface area (Å²) in [6, 6.07) is 13.8. The molecule has 0 unspecified atom stereocenters. The van der Waals surface area contributed by atoms with Crippen molar-refractivity contribution in [2.45, 2.75) is 32.9 Å². The molecule has 0 saturated heterocycles. The van der Waals surface area contributed by atoms with Crippen LogP contribution in [0, 0.1) is 10.5 Å². The van der Waals surface area contributed by atoms with Crippen molar-refractivity contribution in [3.05, 3.63) is 63.2 Å². The second-order valence-corrected chi connectivity index (χ2v) is 10.4. The van der Waals surface area contributed by atoms with E-state index >= 15 is 0 Å². The van der Waals surface area contributed by atoms with Gasteiger partial charge < -0.3 is 10.2 Å². The van der Waals surface area contributed by atoms with Crippen molar-refractivity contribution in [2.75, 3.05) is 24.2 Å². The first kappa shape index (κ1) is 25.1. The van der Waals surface area contributed by atoms with Crippen LogP contribution in [-0.4, -0.2) is 51.0 Å². The molecule has 168 valence electrons. The third-order valence-corrected chi connectivity index (χ3v) is 6.89. The van der Waals surface area contributed by atoms with Crippen LogP contribution in [0.15, 0.2) is 48.5 Å². The van der Waals surface area contributed by atoms with Crippen LogP contribution in [0.2, 0.25) is 0 Å². The number of hydrogen-bond acceptors (Lipinski definition) is 4. The van der Waals surface area contributed by atoms with Crippen molar-refractivity contribution in [2.24, 2.45) is 0 Å². The summed E-state index contributed by atoms with van der Waals surface area (Å²) >= 11 is 2.13. The van der Waals surface area contributed by atoms with Crippen LogP contribution >= 0.6 is 22.6 Å². The Morgan fingerprint density at radius 3 is 2.23 bits per heavy atom. The molecular formula is C22H28IN3O4S. The molecule has 2 aromatic carbocycles. The summed E-state index contributed by atoms with van der Waals surface area (Å²) in [5.74, 6) is -0.729. The number of carbonyl (C=O) groups is 2. The standard InChI is InChI=1S/C22H28IN3O4S/c1-5-20(22(28)24-3)25(14-17-9-7-6-8-16(17)2)21(27)15-26(31(4,29)30)19-12-10-18(23)11-13-19/h6-13,20H,5,14-15H2,1-4H3,(H,24,28)/t20-/m0/s1. The van der Waals surface area contributed by atoms with E-state index in [0.29, 0.717) is 12.1 Å². The number of nitrogens with one attached hydrogen (secondary N) is 1. The summed E-state index contributed by atoms with van der Waals surface area (Å²) in [6.45, 7) is 3.58. The van der Waals surface area contributed by atoms with Crippen LogP contribution in [0.3, 0.4) is 0 Å². The minimum Gasteiger partial charge on any atom is -0.357 e. The lowest BCUT2D eigenvalue weighted by Crippen LogP contribution is -2.51. The number of benzene rings is 2. The molecule has 2 aromatic rings. The first-order chi connectivity index (χ1) is 14.6. The van der Waals surface area contributed by atoms with Gasteiger partial charge in [0.25, 0.3) is 0 Å². The molecule has 31 heavy (non-hydrogen) atoms. The number of carbonyl (C=O) groups excluding carboxylic acids is 2. The quantitative estimate of drug-likeness (QED) is 0.481. The first-order valence-electron chi connectivity index (χ1n) is 9.87. The highest BCUT2D eigenvalue weighted by molar-refractivity contribution is 14.1. The zero-order valence-corrected chi connectivity index (χ0v) is 21.1. The highest BCUT2D eigenvalue weighted by Crippen LogP contribution is 2.21. The van der Waals surface area contributed by atoms with Crippen LogP contribution in [0.1, 0.15) is 24.5 Å². The average Bonchev–Trinajstić information content (AvgIpc) is 2.72. The molecule has 0 spiro atoms. The van der Waals surface area contributed by atoms with Crippen molar-refractivity contribution >= 4 is 50.1 Å². The number of nitrogens with zero attached hydrogens (tertiary/aromatic N) is 2. The normalized spacial score (nSPS) is 12.2. The van der Waals surface area contributed by atoms with Gasteiger partial charge in [0.05, 0.1) is 11.9 Å². The van der Waals surface area contributed by atoms with Crippen LogP contribution in [-0.2, 0) is 26.2 Å². The summed E-state index contributed by atoms with van der Waals surface area (Å²) in [6.07, 6.45) is 1.47. The molecule has 0 aromatic heterocycles. The average molecular weight is 557 g/mol. The van der Waals surface area contributed by atoms with E-state index in [1.165, 1.54) is 11.9 Å². The van der Waals surface area contributed by atoms with Gasteiger partial charge in [-0.2, -0.15) is 0 Å². The Balaban J connectivity index is 2.43. The van der Waals surface area contributed by atoms with Gasteiger partial charge >= 0.3 is 0 Å². The molecule has 0 saturated carbocycles. The number of rotatable bonds is 9. The molecule has 0 aliphatic heterocycles. The number of halogens is 1. The Morgan fingerprint density at radius 2 is 1.71 bits per heavy atom. The summed E-state index contributed by atoms with van der Waals surface area (Å²) in [5.41, 5.74) is 2.29. The van der Waals surface area contributed by atoms with E-state index in [1.54, 1.807) is 24.3 Å². The molecule has 0 bridgehead atoms. The number of aryl methyl sites for hydroxylation is 1. The molecule has 0 aliphatic rings. The van der Waals surface area contributed by atoms with Crippen LogP contribution < -0.4 is 9.62 Å². The van der Waals surface area contributed by atoms with Gasteiger partial charge in [-0.3, -0.25) is 13.9 Å². The lowest BCUT2D eigenvalue weighted by atomic mass is 10.1. The molecule has 2 amide bonds. The molecule has 0 radical (unpaired) electrons. The Morgan fingerprint density at radius 1 is 1.10 bits per heavy atom. The topological polar surface area (TPSA) is 86.8 Å². The van der Waals surface area contributed by atoms with Gasteiger partial charge in [-0.1, -0.05) is 31.2 Å². The molecule has 0 heterocycles. The number of amides is 2. The van der Waals surface area contributed by atoms with E-state index in [1.807, 2.05) is 38.1 Å². The number of likely N-dealkylation sites (N-methyl/N-ethyl adjacent to an activating group) is 1. The van der Waals surface area contributed by atoms with E-state index in [-0.39, 0.29) is 12.5 Å². The lowest BCUT2D eigenvalue weighted by molar-refractivity contribution is -0.140. The van der Waals surface area contributed by atoms with Crippen LogP contribution in [0.4, 0.5) is 5.69 Å². The number of anilines is 1. The van der Waals surface area contributed by atoms with Gasteiger partial charge in [0.2, 0.25) is 21.8 Å². The number of sulfonamides is 1. The highest BCUT2D eigenvalue weighted by atomic mass is 127. The van der Waals surface area contributed by atoms with E-state index < -0.39 is 28.5 Å². The van der Waals surface area contributed by atoms with Gasteiger partial charge in [-0.25, -0.2) is 8.42 Å². The summed E-state index contributed by atoms with van der Waals surface area (Å²) < 4.78 is 27.0. The van der Waals surface area contributed by atoms with Gasteiger partial charge in [0.15, 0.2) is 0 Å². The second kappa shape index (κ2) is 10.9. The van der Waals surface area contributed by atoms with E-state index in [4.69, 9.17) is 0 Å². The van der Waals surface area contributed by atoms with Crippen molar-refractivity contribution in [3.63, 3.8) is 0 Å². The zero-order chi connectivity index (χ0) is 23.2. The van der Waals surface area contributed by atoms with Crippen molar-refractivity contribution in [3.8, 4) is 0 Å². The van der Waals surface area contributed by atoms with E-state index in [0.717, 1.165) is 25.3 Å². The Hall–Kier alpha value is -2.14. The molecule has 0 aliphatic carbocycles. The predicted molar refractivity (Wildman–Crippen MR) is 131 cm³/mol. The Labute approximate surface area is 198 Å². The third kappa shape index (κ3) is 6.67. The van der Waals surface area contributed by atoms with Crippen LogP contribution in [0.25, 0.3) is 0 Å². The fourth-order valence-corrected chi connectivity index (χ4v) is 4.49. The highest BCUT2D eigenvalue weighted by Gasteiger charge is 2.31. The largest absolute Gasteiger partial charge is 0.357 e.